The molecule has 1 heterocycles. The molecule has 0 bridgehead atoms. The van der Waals surface area contributed by atoms with Gasteiger partial charge in [-0.15, -0.1) is 0 Å². The molecular formula is C24H17N3. The zero-order valence-corrected chi connectivity index (χ0v) is 15.0. The van der Waals surface area contributed by atoms with Crippen LogP contribution in [0.25, 0.3) is 33.3 Å². The Morgan fingerprint density at radius 3 is 2.30 bits per heavy atom. The summed E-state index contributed by atoms with van der Waals surface area (Å²) in [4.78, 5) is 0. The smallest absolute Gasteiger partial charge is 0.137 e. The van der Waals surface area contributed by atoms with E-state index in [1.807, 2.05) is 36.4 Å². The molecule has 0 aliphatic carbocycles. The Kier molecular flexibility index (Phi) is 4.21. The van der Waals surface area contributed by atoms with Crippen molar-refractivity contribution >= 4 is 33.3 Å². The first-order chi connectivity index (χ1) is 13.3. The van der Waals surface area contributed by atoms with Gasteiger partial charge in [-0.1, -0.05) is 60.7 Å². The van der Waals surface area contributed by atoms with Crippen molar-refractivity contribution in [2.24, 2.45) is 0 Å². The van der Waals surface area contributed by atoms with Crippen LogP contribution >= 0.6 is 0 Å². The van der Waals surface area contributed by atoms with Gasteiger partial charge in [-0.05, 0) is 30.0 Å². The van der Waals surface area contributed by atoms with E-state index >= 15 is 0 Å². The molecule has 0 amide bonds. The molecule has 0 aliphatic rings. The minimum Gasteiger partial charge on any atom is -0.341 e. The minimum atomic E-state index is 0.118. The lowest BCUT2D eigenvalue weighted by Gasteiger charge is -2.05. The SMILES string of the molecule is CCn1c(=CC(=C(C#N)C#N)c2ccccc2)c2cccc3cccc1c32. The minimum absolute atomic E-state index is 0.118. The van der Waals surface area contributed by atoms with Crippen LogP contribution in [0.2, 0.25) is 0 Å². The Labute approximate surface area is 157 Å². The fourth-order valence-corrected chi connectivity index (χ4v) is 3.73. The summed E-state index contributed by atoms with van der Waals surface area (Å²) in [5.41, 5.74) is 2.80. The lowest BCUT2D eigenvalue weighted by Crippen LogP contribution is -2.15. The van der Waals surface area contributed by atoms with Crippen LogP contribution < -0.4 is 5.35 Å². The number of hydrogen-bond acceptors (Lipinski definition) is 2. The molecule has 4 aromatic rings. The highest BCUT2D eigenvalue weighted by Gasteiger charge is 2.13. The van der Waals surface area contributed by atoms with Crippen LogP contribution in [0.1, 0.15) is 12.5 Å². The van der Waals surface area contributed by atoms with Gasteiger partial charge in [0.1, 0.15) is 17.7 Å². The van der Waals surface area contributed by atoms with Crippen molar-refractivity contribution in [1.82, 2.24) is 4.57 Å². The van der Waals surface area contributed by atoms with Gasteiger partial charge in [0.05, 0.1) is 0 Å². The number of hydrogen-bond donors (Lipinski definition) is 0. The highest BCUT2D eigenvalue weighted by atomic mass is 15.0. The molecule has 4 rings (SSSR count). The summed E-state index contributed by atoms with van der Waals surface area (Å²) in [6.07, 6.45) is 1.98. The van der Waals surface area contributed by atoms with Gasteiger partial charge in [0.15, 0.2) is 0 Å². The standard InChI is InChI=1S/C24H17N3/c1-2-27-22-13-7-11-18-10-6-12-20(24(18)22)23(27)14-21(19(15-25)16-26)17-8-4-3-5-9-17/h3-14H,2H2,1H3. The summed E-state index contributed by atoms with van der Waals surface area (Å²) >= 11 is 0. The van der Waals surface area contributed by atoms with Crippen LogP contribution in [0.5, 0.6) is 0 Å². The van der Waals surface area contributed by atoms with Gasteiger partial charge in [0, 0.05) is 33.8 Å². The molecule has 1 aromatic heterocycles. The number of benzene rings is 3. The van der Waals surface area contributed by atoms with E-state index in [0.29, 0.717) is 5.57 Å². The summed E-state index contributed by atoms with van der Waals surface area (Å²) in [6, 6.07) is 26.3. The Hall–Kier alpha value is -3.82. The molecule has 0 N–H and O–H groups in total. The molecular weight excluding hydrogens is 330 g/mol. The highest BCUT2D eigenvalue weighted by molar-refractivity contribution is 6.11. The van der Waals surface area contributed by atoms with Gasteiger partial charge in [-0.2, -0.15) is 10.5 Å². The summed E-state index contributed by atoms with van der Waals surface area (Å²) in [5, 5.41) is 23.6. The van der Waals surface area contributed by atoms with Crippen LogP contribution in [0.15, 0.2) is 72.3 Å². The van der Waals surface area contributed by atoms with Crippen LogP contribution in [0.4, 0.5) is 0 Å². The van der Waals surface area contributed by atoms with Gasteiger partial charge in [-0.25, -0.2) is 0 Å². The lowest BCUT2D eigenvalue weighted by molar-refractivity contribution is 0.777. The molecule has 3 nitrogen and oxygen atoms in total. The predicted molar refractivity (Wildman–Crippen MR) is 109 cm³/mol. The largest absolute Gasteiger partial charge is 0.341 e. The van der Waals surface area contributed by atoms with Gasteiger partial charge in [0.25, 0.3) is 0 Å². The molecule has 0 atom stereocenters. The topological polar surface area (TPSA) is 52.5 Å². The average molecular weight is 347 g/mol. The number of aromatic nitrogens is 1. The molecule has 128 valence electrons. The van der Waals surface area contributed by atoms with E-state index in [9.17, 15) is 10.5 Å². The second-order valence-electron chi connectivity index (χ2n) is 6.33. The van der Waals surface area contributed by atoms with Gasteiger partial charge < -0.3 is 4.57 Å². The molecule has 3 aromatic carbocycles. The molecule has 0 fully saturated rings. The van der Waals surface area contributed by atoms with Crippen LogP contribution in [-0.4, -0.2) is 4.57 Å². The molecule has 27 heavy (non-hydrogen) atoms. The van der Waals surface area contributed by atoms with Gasteiger partial charge in [0.2, 0.25) is 0 Å². The van der Waals surface area contributed by atoms with E-state index < -0.39 is 0 Å². The van der Waals surface area contributed by atoms with Gasteiger partial charge in [-0.3, -0.25) is 0 Å². The van der Waals surface area contributed by atoms with Crippen molar-refractivity contribution < 1.29 is 0 Å². The lowest BCUT2D eigenvalue weighted by atomic mass is 10.00. The maximum absolute atomic E-state index is 9.51. The molecule has 0 saturated carbocycles. The molecule has 0 unspecified atom stereocenters. The Balaban J connectivity index is 2.17. The van der Waals surface area contributed by atoms with E-state index in [0.717, 1.165) is 22.8 Å². The third kappa shape index (κ3) is 2.67. The maximum atomic E-state index is 9.51. The van der Waals surface area contributed by atoms with E-state index in [-0.39, 0.29) is 5.57 Å². The molecule has 0 spiro atoms. The monoisotopic (exact) mass is 347 g/mol. The van der Waals surface area contributed by atoms with Crippen LogP contribution in [0.3, 0.4) is 0 Å². The second-order valence-corrected chi connectivity index (χ2v) is 6.33. The van der Waals surface area contributed by atoms with Crippen LogP contribution in [-0.2, 0) is 6.54 Å². The van der Waals surface area contributed by atoms with Crippen molar-refractivity contribution in [1.29, 1.82) is 10.5 Å². The molecule has 3 heteroatoms. The summed E-state index contributed by atoms with van der Waals surface area (Å²) < 4.78 is 2.24. The van der Waals surface area contributed by atoms with E-state index in [1.54, 1.807) is 0 Å². The summed E-state index contributed by atoms with van der Waals surface area (Å²) in [5.74, 6) is 0. The normalized spacial score (nSPS) is 11.4. The van der Waals surface area contributed by atoms with Crippen LogP contribution in [0, 0.1) is 22.7 Å². The highest BCUT2D eigenvalue weighted by Crippen LogP contribution is 2.27. The number of nitriles is 2. The number of rotatable bonds is 3. The first kappa shape index (κ1) is 16.6. The number of allylic oxidation sites excluding steroid dienone is 2. The quantitative estimate of drug-likeness (QED) is 0.499. The number of nitrogens with zero attached hydrogens (tertiary/aromatic N) is 3. The van der Waals surface area contributed by atoms with E-state index in [1.165, 1.54) is 16.3 Å². The van der Waals surface area contributed by atoms with Crippen molar-refractivity contribution in [3.05, 3.63) is 83.2 Å². The second kappa shape index (κ2) is 6.83. The summed E-state index contributed by atoms with van der Waals surface area (Å²) in [6.45, 7) is 2.91. The zero-order chi connectivity index (χ0) is 18.8. The van der Waals surface area contributed by atoms with Crippen molar-refractivity contribution in [2.45, 2.75) is 13.5 Å². The third-order valence-electron chi connectivity index (χ3n) is 4.92. The average Bonchev–Trinajstić information content (AvgIpc) is 3.03. The fraction of sp³-hybridized carbons (Fsp3) is 0.0833. The third-order valence-corrected chi connectivity index (χ3v) is 4.92. The molecule has 0 aliphatic heterocycles. The fourth-order valence-electron chi connectivity index (χ4n) is 3.73. The van der Waals surface area contributed by atoms with Crippen molar-refractivity contribution in [3.8, 4) is 12.1 Å². The van der Waals surface area contributed by atoms with Gasteiger partial charge >= 0.3 is 0 Å². The Bertz CT molecular complexity index is 1290. The Morgan fingerprint density at radius 1 is 0.926 bits per heavy atom. The Morgan fingerprint density at radius 2 is 1.63 bits per heavy atom. The molecule has 0 radical (unpaired) electrons. The first-order valence-corrected chi connectivity index (χ1v) is 8.89. The zero-order valence-electron chi connectivity index (χ0n) is 15.0. The van der Waals surface area contributed by atoms with E-state index in [4.69, 9.17) is 0 Å². The van der Waals surface area contributed by atoms with Crippen molar-refractivity contribution in [2.75, 3.05) is 0 Å². The van der Waals surface area contributed by atoms with E-state index in [2.05, 4.69) is 60.0 Å². The maximum Gasteiger partial charge on any atom is 0.137 e. The predicted octanol–water partition coefficient (Wildman–Crippen LogP) is 4.81. The van der Waals surface area contributed by atoms with Crippen molar-refractivity contribution in [3.63, 3.8) is 0 Å². The number of aryl methyl sites for hydroxylation is 1. The molecule has 0 saturated heterocycles. The summed E-state index contributed by atoms with van der Waals surface area (Å²) in [7, 11) is 0. The first-order valence-electron chi connectivity index (χ1n) is 8.89.